The summed E-state index contributed by atoms with van der Waals surface area (Å²) >= 11 is 0. The van der Waals surface area contributed by atoms with E-state index in [2.05, 4.69) is 29.4 Å². The number of rotatable bonds is 7. The molecule has 8 nitrogen and oxygen atoms in total. The van der Waals surface area contributed by atoms with Crippen LogP contribution in [0.5, 0.6) is 0 Å². The number of hydrogen-bond donors (Lipinski definition) is 1. The molecule has 0 spiro atoms. The Kier molecular flexibility index (Phi) is 8.71. The third-order valence-corrected chi connectivity index (χ3v) is 7.51. The number of carbonyl (C=O) groups is 2. The molecule has 0 saturated carbocycles. The van der Waals surface area contributed by atoms with Crippen molar-refractivity contribution in [3.63, 3.8) is 0 Å². The van der Waals surface area contributed by atoms with Crippen molar-refractivity contribution in [2.75, 3.05) is 29.9 Å². The van der Waals surface area contributed by atoms with E-state index in [1.54, 1.807) is 22.1 Å². The average Bonchev–Trinajstić information content (AvgIpc) is 2.99. The van der Waals surface area contributed by atoms with Crippen LogP contribution < -0.4 is 10.2 Å². The summed E-state index contributed by atoms with van der Waals surface area (Å²) in [7, 11) is 0. The van der Waals surface area contributed by atoms with Crippen molar-refractivity contribution in [3.05, 3.63) is 96.2 Å². The average molecular weight is 566 g/mol. The number of nitrogens with zero attached hydrogens (tertiary/aromatic N) is 4. The van der Waals surface area contributed by atoms with Gasteiger partial charge in [-0.15, -0.1) is 0 Å². The van der Waals surface area contributed by atoms with Gasteiger partial charge in [0, 0.05) is 31.4 Å². The first kappa shape index (κ1) is 29.0. The van der Waals surface area contributed by atoms with Crippen LogP contribution >= 0.6 is 0 Å². The number of likely N-dealkylation sites (tertiary alicyclic amines) is 1. The lowest BCUT2D eigenvalue weighted by Gasteiger charge is -2.35. The molecule has 1 fully saturated rings. The van der Waals surface area contributed by atoms with E-state index in [1.165, 1.54) is 0 Å². The minimum absolute atomic E-state index is 0.0109. The molecule has 1 saturated heterocycles. The van der Waals surface area contributed by atoms with E-state index in [0.29, 0.717) is 37.0 Å². The lowest BCUT2D eigenvalue weighted by atomic mass is 9.96. The molecule has 3 aromatic carbocycles. The summed E-state index contributed by atoms with van der Waals surface area (Å²) in [5, 5.41) is 5.47. The van der Waals surface area contributed by atoms with Crippen LogP contribution in [-0.2, 0) is 4.74 Å². The van der Waals surface area contributed by atoms with Crippen LogP contribution in [0, 0.1) is 5.92 Å². The Morgan fingerprint density at radius 1 is 0.976 bits per heavy atom. The van der Waals surface area contributed by atoms with Crippen LogP contribution in [-0.4, -0.2) is 52.1 Å². The van der Waals surface area contributed by atoms with Crippen molar-refractivity contribution in [3.8, 4) is 0 Å². The van der Waals surface area contributed by atoms with Crippen LogP contribution in [0.25, 0.3) is 10.8 Å². The Hall–Kier alpha value is -4.46. The van der Waals surface area contributed by atoms with E-state index in [4.69, 9.17) is 9.72 Å². The molecule has 1 N–H and O–H groups in total. The standard InChI is InChI=1S/C34H39N5O3/c1-24(26-10-6-5-7-11-26)36-32-35-19-16-30(37-32)39(31(40)29-15-14-27-12-8-9-13-28(27)22-29)23-25-17-20-38(21-18-25)33(41)42-34(2,3)4/h5-16,19,22,24-25H,17-18,20-21,23H2,1-4H3,(H,35,36,37)/t24-/m0/s1. The highest BCUT2D eigenvalue weighted by Crippen LogP contribution is 2.26. The molecule has 0 unspecified atom stereocenters. The monoisotopic (exact) mass is 565 g/mol. The number of ether oxygens (including phenoxy) is 1. The number of carbonyl (C=O) groups excluding carboxylic acids is 2. The van der Waals surface area contributed by atoms with Gasteiger partial charge in [0.2, 0.25) is 5.95 Å². The van der Waals surface area contributed by atoms with E-state index in [9.17, 15) is 9.59 Å². The molecule has 1 atom stereocenters. The number of anilines is 2. The second-order valence-corrected chi connectivity index (χ2v) is 11.9. The summed E-state index contributed by atoms with van der Waals surface area (Å²) in [6.07, 6.45) is 2.93. The predicted molar refractivity (Wildman–Crippen MR) is 167 cm³/mol. The third kappa shape index (κ3) is 7.24. The molecule has 0 aliphatic carbocycles. The molecule has 218 valence electrons. The molecule has 1 aliphatic rings. The first-order chi connectivity index (χ1) is 20.2. The van der Waals surface area contributed by atoms with E-state index in [-0.39, 0.29) is 24.0 Å². The van der Waals surface area contributed by atoms with Gasteiger partial charge in [0.05, 0.1) is 6.04 Å². The third-order valence-electron chi connectivity index (χ3n) is 7.51. The van der Waals surface area contributed by atoms with Crippen molar-refractivity contribution < 1.29 is 14.3 Å². The summed E-state index contributed by atoms with van der Waals surface area (Å²) in [6.45, 7) is 9.34. The molecule has 4 aromatic rings. The van der Waals surface area contributed by atoms with E-state index >= 15 is 0 Å². The zero-order chi connectivity index (χ0) is 29.7. The van der Waals surface area contributed by atoms with Gasteiger partial charge in [-0.3, -0.25) is 9.69 Å². The number of nitrogens with one attached hydrogen (secondary N) is 1. The Labute approximate surface area is 247 Å². The van der Waals surface area contributed by atoms with Crippen molar-refractivity contribution >= 4 is 34.5 Å². The molecular formula is C34H39N5O3. The van der Waals surface area contributed by atoms with Gasteiger partial charge in [-0.1, -0.05) is 60.7 Å². The van der Waals surface area contributed by atoms with Gasteiger partial charge in [0.1, 0.15) is 11.4 Å². The molecule has 2 heterocycles. The number of hydrogen-bond acceptors (Lipinski definition) is 6. The Balaban J connectivity index is 1.37. The highest BCUT2D eigenvalue weighted by molar-refractivity contribution is 6.07. The van der Waals surface area contributed by atoms with Crippen LogP contribution in [0.1, 0.15) is 62.5 Å². The maximum absolute atomic E-state index is 14.1. The second kappa shape index (κ2) is 12.6. The predicted octanol–water partition coefficient (Wildman–Crippen LogP) is 7.10. The zero-order valence-electron chi connectivity index (χ0n) is 24.8. The topological polar surface area (TPSA) is 87.7 Å². The molecule has 0 bridgehead atoms. The number of piperidine rings is 1. The van der Waals surface area contributed by atoms with E-state index < -0.39 is 5.60 Å². The Bertz CT molecular complexity index is 1530. The lowest BCUT2D eigenvalue weighted by Crippen LogP contribution is -2.45. The molecular weight excluding hydrogens is 526 g/mol. The highest BCUT2D eigenvalue weighted by Gasteiger charge is 2.30. The lowest BCUT2D eigenvalue weighted by molar-refractivity contribution is 0.0185. The van der Waals surface area contributed by atoms with Gasteiger partial charge < -0.3 is 15.0 Å². The SMILES string of the molecule is C[C@H](Nc1nccc(N(CC2CCN(C(=O)OC(C)(C)C)CC2)C(=O)c2ccc3ccccc3c2)n1)c1ccccc1. The normalized spacial score (nSPS) is 14.8. The quantitative estimate of drug-likeness (QED) is 0.257. The smallest absolute Gasteiger partial charge is 0.410 e. The van der Waals surface area contributed by atoms with Crippen LogP contribution in [0.3, 0.4) is 0 Å². The first-order valence-corrected chi connectivity index (χ1v) is 14.6. The summed E-state index contributed by atoms with van der Waals surface area (Å²) < 4.78 is 5.57. The minimum Gasteiger partial charge on any atom is -0.444 e. The molecule has 2 amide bonds. The van der Waals surface area contributed by atoms with Crippen molar-refractivity contribution in [2.24, 2.45) is 5.92 Å². The summed E-state index contributed by atoms with van der Waals surface area (Å²) in [4.78, 5) is 39.5. The fourth-order valence-corrected chi connectivity index (χ4v) is 5.23. The Morgan fingerprint density at radius 3 is 2.38 bits per heavy atom. The fraction of sp³-hybridized carbons (Fsp3) is 0.353. The largest absolute Gasteiger partial charge is 0.444 e. The van der Waals surface area contributed by atoms with E-state index in [0.717, 1.165) is 29.2 Å². The summed E-state index contributed by atoms with van der Waals surface area (Å²) in [5.41, 5.74) is 1.19. The maximum Gasteiger partial charge on any atom is 0.410 e. The zero-order valence-corrected chi connectivity index (χ0v) is 24.8. The van der Waals surface area contributed by atoms with Gasteiger partial charge in [-0.25, -0.2) is 9.78 Å². The maximum atomic E-state index is 14.1. The molecule has 1 aliphatic heterocycles. The second-order valence-electron chi connectivity index (χ2n) is 11.9. The van der Waals surface area contributed by atoms with Gasteiger partial charge >= 0.3 is 6.09 Å². The Morgan fingerprint density at radius 2 is 1.67 bits per heavy atom. The fourth-order valence-electron chi connectivity index (χ4n) is 5.23. The summed E-state index contributed by atoms with van der Waals surface area (Å²) in [6, 6.07) is 25.7. The van der Waals surface area contributed by atoms with Gasteiger partial charge in [-0.2, -0.15) is 4.98 Å². The number of fused-ring (bicyclic) bond motifs is 1. The van der Waals surface area contributed by atoms with Crippen molar-refractivity contribution in [2.45, 2.75) is 52.2 Å². The molecule has 0 radical (unpaired) electrons. The van der Waals surface area contributed by atoms with E-state index in [1.807, 2.05) is 81.4 Å². The molecule has 8 heteroatoms. The number of amides is 2. The number of benzene rings is 3. The van der Waals surface area contributed by atoms with Gasteiger partial charge in [0.25, 0.3) is 5.91 Å². The highest BCUT2D eigenvalue weighted by atomic mass is 16.6. The van der Waals surface area contributed by atoms with Gasteiger partial charge in [-0.05, 0) is 81.0 Å². The van der Waals surface area contributed by atoms with Crippen LogP contribution in [0.2, 0.25) is 0 Å². The number of aromatic nitrogens is 2. The van der Waals surface area contributed by atoms with Crippen LogP contribution in [0.4, 0.5) is 16.6 Å². The summed E-state index contributed by atoms with van der Waals surface area (Å²) in [5.74, 6) is 1.08. The first-order valence-electron chi connectivity index (χ1n) is 14.6. The molecule has 42 heavy (non-hydrogen) atoms. The van der Waals surface area contributed by atoms with Crippen molar-refractivity contribution in [1.29, 1.82) is 0 Å². The minimum atomic E-state index is -0.534. The van der Waals surface area contributed by atoms with Gasteiger partial charge in [0.15, 0.2) is 0 Å². The van der Waals surface area contributed by atoms with Crippen molar-refractivity contribution in [1.82, 2.24) is 14.9 Å². The van der Waals surface area contributed by atoms with Crippen LogP contribution in [0.15, 0.2) is 85.1 Å². The molecule has 5 rings (SSSR count). The molecule has 1 aromatic heterocycles.